The third kappa shape index (κ3) is 30.5. The molecule has 0 spiro atoms. The van der Waals surface area contributed by atoms with Gasteiger partial charge in [-0.05, 0) is 21.0 Å². The van der Waals surface area contributed by atoms with Crippen molar-refractivity contribution in [3.8, 4) is 0 Å². The largest absolute Gasteiger partial charge is 0.478 e. The number of rotatable bonds is 7. The van der Waals surface area contributed by atoms with Crippen molar-refractivity contribution in [2.75, 3.05) is 33.9 Å². The lowest BCUT2D eigenvalue weighted by molar-refractivity contribution is -0.138. The highest BCUT2D eigenvalue weighted by Gasteiger charge is 1.94. The number of carbonyl (C=O) groups excluding carboxylic acids is 2. The molecule has 0 aliphatic carbocycles. The van der Waals surface area contributed by atoms with E-state index >= 15 is 0 Å². The topological polar surface area (TPSA) is 93.1 Å². The summed E-state index contributed by atoms with van der Waals surface area (Å²) >= 11 is 0. The third-order valence-electron chi connectivity index (χ3n) is 1.58. The third-order valence-corrected chi connectivity index (χ3v) is 1.58. The van der Waals surface area contributed by atoms with Crippen molar-refractivity contribution in [3.05, 3.63) is 38.0 Å². The molecule has 22 heavy (non-hydrogen) atoms. The summed E-state index contributed by atoms with van der Waals surface area (Å²) in [5, 5.41) is 7.60. The summed E-state index contributed by atoms with van der Waals surface area (Å²) in [6.45, 7) is 12.8. The first-order chi connectivity index (χ1) is 10.2. The van der Waals surface area contributed by atoms with E-state index in [1.807, 2.05) is 19.0 Å². The molecule has 1 N–H and O–H groups in total. The second-order valence-corrected chi connectivity index (χ2v) is 3.67. The molecule has 0 aliphatic heterocycles. The number of likely N-dealkylation sites (N-methyl/N-ethyl adjacent to an activating group) is 1. The van der Waals surface area contributed by atoms with Crippen LogP contribution in [0.15, 0.2) is 38.0 Å². The van der Waals surface area contributed by atoms with Gasteiger partial charge in [0.15, 0.2) is 0 Å². The molecule has 0 fully saturated rings. The molecule has 0 bridgehead atoms. The molecule has 126 valence electrons. The van der Waals surface area contributed by atoms with Crippen LogP contribution in [0.5, 0.6) is 0 Å². The summed E-state index contributed by atoms with van der Waals surface area (Å²) in [6.07, 6.45) is 3.14. The molecule has 0 saturated heterocycles. The smallest absolute Gasteiger partial charge is 0.330 e. The lowest BCUT2D eigenvalue weighted by atomic mass is 10.6. The minimum Gasteiger partial charge on any atom is -0.478 e. The second kappa shape index (κ2) is 18.6. The van der Waals surface area contributed by atoms with Gasteiger partial charge in [0.1, 0.15) is 6.61 Å². The zero-order valence-electron chi connectivity index (χ0n) is 13.4. The van der Waals surface area contributed by atoms with Crippen molar-refractivity contribution in [1.29, 1.82) is 0 Å². The zero-order valence-corrected chi connectivity index (χ0v) is 13.4. The van der Waals surface area contributed by atoms with Gasteiger partial charge < -0.3 is 19.5 Å². The molecule has 0 aliphatic rings. The highest BCUT2D eigenvalue weighted by atomic mass is 16.5. The lowest BCUT2D eigenvalue weighted by Gasteiger charge is -2.07. The molecular formula is C15H25NO6. The predicted molar refractivity (Wildman–Crippen MR) is 84.4 cm³/mol. The number of hydrogen-bond donors (Lipinski definition) is 1. The fraction of sp³-hybridized carbons (Fsp3) is 0.400. The van der Waals surface area contributed by atoms with Gasteiger partial charge in [-0.2, -0.15) is 0 Å². The van der Waals surface area contributed by atoms with Crippen LogP contribution < -0.4 is 0 Å². The van der Waals surface area contributed by atoms with Crippen LogP contribution in [0.4, 0.5) is 0 Å². The van der Waals surface area contributed by atoms with Crippen LogP contribution in [-0.4, -0.2) is 61.8 Å². The molecule has 0 aromatic rings. The Labute approximate surface area is 131 Å². The molecule has 0 radical (unpaired) electrons. The molecule has 7 heteroatoms. The Hall–Kier alpha value is -2.41. The highest BCUT2D eigenvalue weighted by molar-refractivity contribution is 5.81. The number of nitrogens with zero attached hydrogens (tertiary/aromatic N) is 1. The van der Waals surface area contributed by atoms with E-state index in [-0.39, 0.29) is 11.9 Å². The van der Waals surface area contributed by atoms with E-state index in [1.54, 1.807) is 6.92 Å². The number of carboxylic acids is 1. The number of hydrogen-bond acceptors (Lipinski definition) is 6. The summed E-state index contributed by atoms with van der Waals surface area (Å²) in [5.41, 5.74) is 0. The van der Waals surface area contributed by atoms with Crippen molar-refractivity contribution in [2.45, 2.75) is 6.92 Å². The second-order valence-electron chi connectivity index (χ2n) is 3.67. The fourth-order valence-corrected chi connectivity index (χ4v) is 0.589. The Kier molecular flexibility index (Phi) is 20.8. The van der Waals surface area contributed by atoms with Crippen LogP contribution in [0.2, 0.25) is 0 Å². The quantitative estimate of drug-likeness (QED) is 0.558. The van der Waals surface area contributed by atoms with Crippen LogP contribution in [0.3, 0.4) is 0 Å². The van der Waals surface area contributed by atoms with Gasteiger partial charge in [0.05, 0.1) is 6.61 Å². The van der Waals surface area contributed by atoms with Crippen molar-refractivity contribution in [2.24, 2.45) is 0 Å². The first-order valence-corrected chi connectivity index (χ1v) is 6.33. The Bertz CT molecular complexity index is 363. The van der Waals surface area contributed by atoms with Gasteiger partial charge in [-0.3, -0.25) is 0 Å². The van der Waals surface area contributed by atoms with Gasteiger partial charge >= 0.3 is 17.9 Å². The van der Waals surface area contributed by atoms with Gasteiger partial charge in [0.25, 0.3) is 0 Å². The molecule has 0 amide bonds. The van der Waals surface area contributed by atoms with E-state index in [0.29, 0.717) is 13.2 Å². The van der Waals surface area contributed by atoms with E-state index in [2.05, 4.69) is 24.5 Å². The van der Waals surface area contributed by atoms with Crippen molar-refractivity contribution >= 4 is 17.9 Å². The van der Waals surface area contributed by atoms with Gasteiger partial charge in [-0.15, -0.1) is 0 Å². The normalized spacial score (nSPS) is 8.18. The highest BCUT2D eigenvalue weighted by Crippen LogP contribution is 1.80. The Morgan fingerprint density at radius 3 is 1.64 bits per heavy atom. The van der Waals surface area contributed by atoms with Crippen LogP contribution in [0.1, 0.15) is 6.92 Å². The van der Waals surface area contributed by atoms with Crippen molar-refractivity contribution in [3.63, 3.8) is 0 Å². The summed E-state index contributed by atoms with van der Waals surface area (Å²) in [5.74, 6) is -1.70. The summed E-state index contributed by atoms with van der Waals surface area (Å²) < 4.78 is 9.14. The number of aliphatic carboxylic acids is 1. The summed E-state index contributed by atoms with van der Waals surface area (Å²) in [4.78, 5) is 31.7. The average molecular weight is 315 g/mol. The minimum atomic E-state index is -0.981. The van der Waals surface area contributed by atoms with E-state index in [4.69, 9.17) is 9.84 Å². The van der Waals surface area contributed by atoms with E-state index in [1.165, 1.54) is 0 Å². The molecule has 0 heterocycles. The zero-order chi connectivity index (χ0) is 18.0. The molecule has 0 aromatic heterocycles. The molecule has 0 unspecified atom stereocenters. The van der Waals surface area contributed by atoms with Crippen molar-refractivity contribution in [1.82, 2.24) is 4.90 Å². The molecule has 0 aromatic carbocycles. The SMILES string of the molecule is C=CC(=O)O.C=CC(=O)OCC.C=CC(=O)OCCN(C)C. The molecule has 0 rings (SSSR count). The first-order valence-electron chi connectivity index (χ1n) is 6.33. The lowest BCUT2D eigenvalue weighted by Crippen LogP contribution is -2.19. The standard InChI is InChI=1S/C7H13NO2.C5H8O2.C3H4O2/c1-4-7(9)10-6-5-8(2)3;1-3-5(6)7-4-2;1-2-3(4)5/h4H,1,5-6H2,2-3H3;3H,1,4H2,2H3;2H,1H2,(H,4,5). The van der Waals surface area contributed by atoms with Gasteiger partial charge in [-0.25, -0.2) is 14.4 Å². The molecule has 0 atom stereocenters. The molecule has 0 saturated carbocycles. The van der Waals surface area contributed by atoms with Crippen LogP contribution >= 0.6 is 0 Å². The van der Waals surface area contributed by atoms with Crippen LogP contribution in [-0.2, 0) is 23.9 Å². The Morgan fingerprint density at radius 1 is 1.00 bits per heavy atom. The van der Waals surface area contributed by atoms with Gasteiger partial charge in [-0.1, -0.05) is 19.7 Å². The predicted octanol–water partition coefficient (Wildman–Crippen LogP) is 1.27. The van der Waals surface area contributed by atoms with E-state index in [9.17, 15) is 14.4 Å². The van der Waals surface area contributed by atoms with Crippen LogP contribution in [0.25, 0.3) is 0 Å². The number of carbonyl (C=O) groups is 3. The minimum absolute atomic E-state index is 0.359. The van der Waals surface area contributed by atoms with Gasteiger partial charge in [0, 0.05) is 24.8 Å². The first kappa shape index (κ1) is 24.6. The Morgan fingerprint density at radius 2 is 1.41 bits per heavy atom. The summed E-state index contributed by atoms with van der Waals surface area (Å²) in [6, 6.07) is 0. The average Bonchev–Trinajstić information content (AvgIpc) is 2.48. The monoisotopic (exact) mass is 315 g/mol. The fourth-order valence-electron chi connectivity index (χ4n) is 0.589. The van der Waals surface area contributed by atoms with Crippen LogP contribution in [0, 0.1) is 0 Å². The van der Waals surface area contributed by atoms with E-state index < -0.39 is 5.97 Å². The van der Waals surface area contributed by atoms with E-state index in [0.717, 1.165) is 24.8 Å². The maximum atomic E-state index is 10.4. The number of esters is 2. The number of ether oxygens (including phenoxy) is 2. The van der Waals surface area contributed by atoms with Crippen molar-refractivity contribution < 1.29 is 29.0 Å². The molecular weight excluding hydrogens is 290 g/mol. The number of carboxylic acid groups (broad SMARTS) is 1. The summed E-state index contributed by atoms with van der Waals surface area (Å²) in [7, 11) is 3.84. The Balaban J connectivity index is -0.000000263. The maximum Gasteiger partial charge on any atom is 0.330 e. The molecule has 7 nitrogen and oxygen atoms in total. The van der Waals surface area contributed by atoms with Gasteiger partial charge in [0.2, 0.25) is 0 Å². The maximum absolute atomic E-state index is 10.4.